The molecular weight excluding hydrogens is 274 g/mol. The Morgan fingerprint density at radius 1 is 1.05 bits per heavy atom. The minimum absolute atomic E-state index is 0.222. The van der Waals surface area contributed by atoms with E-state index in [1.807, 2.05) is 60.7 Å². The molecule has 0 aliphatic carbocycles. The molecule has 2 N–H and O–H groups in total. The summed E-state index contributed by atoms with van der Waals surface area (Å²) in [5.41, 5.74) is 8.06. The standard InChI is InChI=1S/C19H23NO2/c1-2-9-18(16-12-7-4-8-13-16)22-19(21)17(20)14-15-10-5-3-6-11-15/h3-8,10-13,17-18H,2,9,14,20H2,1H3. The van der Waals surface area contributed by atoms with Gasteiger partial charge in [-0.2, -0.15) is 0 Å². The summed E-state index contributed by atoms with van der Waals surface area (Å²) in [4.78, 5) is 12.3. The molecule has 0 amide bonds. The van der Waals surface area contributed by atoms with Crippen LogP contribution in [0, 0.1) is 0 Å². The Kier molecular flexibility index (Phi) is 6.16. The van der Waals surface area contributed by atoms with Gasteiger partial charge in [-0.15, -0.1) is 0 Å². The van der Waals surface area contributed by atoms with Crippen LogP contribution in [-0.2, 0) is 16.0 Å². The number of carbonyl (C=O) groups is 1. The van der Waals surface area contributed by atoms with E-state index in [-0.39, 0.29) is 12.1 Å². The highest BCUT2D eigenvalue weighted by Gasteiger charge is 2.21. The van der Waals surface area contributed by atoms with E-state index in [0.717, 1.165) is 24.0 Å². The molecule has 116 valence electrons. The average molecular weight is 297 g/mol. The summed E-state index contributed by atoms with van der Waals surface area (Å²) in [6, 6.07) is 19.0. The van der Waals surface area contributed by atoms with Crippen LogP contribution in [0.25, 0.3) is 0 Å². The van der Waals surface area contributed by atoms with E-state index in [1.54, 1.807) is 0 Å². The molecule has 0 aromatic heterocycles. The normalized spacial score (nSPS) is 13.4. The van der Waals surface area contributed by atoms with E-state index in [1.165, 1.54) is 0 Å². The quantitative estimate of drug-likeness (QED) is 0.794. The van der Waals surface area contributed by atoms with E-state index in [4.69, 9.17) is 10.5 Å². The summed E-state index contributed by atoms with van der Waals surface area (Å²) in [5, 5.41) is 0. The summed E-state index contributed by atoms with van der Waals surface area (Å²) >= 11 is 0. The lowest BCUT2D eigenvalue weighted by Crippen LogP contribution is -2.35. The molecule has 0 bridgehead atoms. The number of rotatable bonds is 7. The van der Waals surface area contributed by atoms with Crippen LogP contribution >= 0.6 is 0 Å². The smallest absolute Gasteiger partial charge is 0.323 e. The Balaban J connectivity index is 1.98. The number of hydrogen-bond donors (Lipinski definition) is 1. The maximum Gasteiger partial charge on any atom is 0.323 e. The predicted molar refractivity (Wildman–Crippen MR) is 88.3 cm³/mol. The number of ether oxygens (including phenoxy) is 1. The van der Waals surface area contributed by atoms with Gasteiger partial charge in [0.25, 0.3) is 0 Å². The van der Waals surface area contributed by atoms with E-state index in [0.29, 0.717) is 6.42 Å². The summed E-state index contributed by atoms with van der Waals surface area (Å²) in [6.45, 7) is 2.08. The lowest BCUT2D eigenvalue weighted by Gasteiger charge is -2.20. The van der Waals surface area contributed by atoms with Crippen LogP contribution in [0.1, 0.15) is 37.0 Å². The molecule has 2 unspecified atom stereocenters. The van der Waals surface area contributed by atoms with Gasteiger partial charge in [-0.1, -0.05) is 74.0 Å². The van der Waals surface area contributed by atoms with Gasteiger partial charge >= 0.3 is 5.97 Å². The molecule has 22 heavy (non-hydrogen) atoms. The Hall–Kier alpha value is -2.13. The first kappa shape index (κ1) is 16.2. The Labute approximate surface area is 132 Å². The molecule has 2 atom stereocenters. The average Bonchev–Trinajstić information content (AvgIpc) is 2.56. The molecule has 0 aliphatic rings. The van der Waals surface area contributed by atoms with Gasteiger partial charge in [0, 0.05) is 0 Å². The zero-order valence-corrected chi connectivity index (χ0v) is 12.9. The monoisotopic (exact) mass is 297 g/mol. The van der Waals surface area contributed by atoms with Gasteiger partial charge in [-0.3, -0.25) is 4.79 Å². The predicted octanol–water partition coefficient (Wildman–Crippen LogP) is 3.64. The van der Waals surface area contributed by atoms with Crippen molar-refractivity contribution in [3.8, 4) is 0 Å². The number of hydrogen-bond acceptors (Lipinski definition) is 3. The number of benzene rings is 2. The first-order valence-corrected chi connectivity index (χ1v) is 7.75. The zero-order valence-electron chi connectivity index (χ0n) is 12.9. The summed E-state index contributed by atoms with van der Waals surface area (Å²) in [7, 11) is 0. The zero-order chi connectivity index (χ0) is 15.8. The van der Waals surface area contributed by atoms with Gasteiger partial charge in [0.15, 0.2) is 0 Å². The van der Waals surface area contributed by atoms with E-state index < -0.39 is 6.04 Å². The largest absolute Gasteiger partial charge is 0.456 e. The lowest BCUT2D eigenvalue weighted by atomic mass is 10.0. The van der Waals surface area contributed by atoms with Gasteiger partial charge in [0.05, 0.1) is 0 Å². The van der Waals surface area contributed by atoms with E-state index in [2.05, 4.69) is 6.92 Å². The topological polar surface area (TPSA) is 52.3 Å². The second kappa shape index (κ2) is 8.35. The molecule has 3 nitrogen and oxygen atoms in total. The fraction of sp³-hybridized carbons (Fsp3) is 0.316. The second-order valence-corrected chi connectivity index (χ2v) is 5.42. The first-order valence-electron chi connectivity index (χ1n) is 7.75. The van der Waals surface area contributed by atoms with Crippen LogP contribution in [0.4, 0.5) is 0 Å². The van der Waals surface area contributed by atoms with Crippen molar-refractivity contribution in [2.45, 2.75) is 38.3 Å². The molecule has 0 radical (unpaired) electrons. The fourth-order valence-electron chi connectivity index (χ4n) is 2.40. The third-order valence-corrected chi connectivity index (χ3v) is 3.58. The van der Waals surface area contributed by atoms with Crippen LogP contribution < -0.4 is 5.73 Å². The molecule has 0 saturated heterocycles. The molecule has 3 heteroatoms. The highest BCUT2D eigenvalue weighted by molar-refractivity contribution is 5.76. The molecule has 0 fully saturated rings. The highest BCUT2D eigenvalue weighted by atomic mass is 16.5. The Morgan fingerprint density at radius 2 is 1.64 bits per heavy atom. The lowest BCUT2D eigenvalue weighted by molar-refractivity contribution is -0.151. The van der Waals surface area contributed by atoms with Crippen molar-refractivity contribution in [2.24, 2.45) is 5.73 Å². The van der Waals surface area contributed by atoms with Gasteiger partial charge in [-0.25, -0.2) is 0 Å². The summed E-state index contributed by atoms with van der Waals surface area (Å²) in [6.07, 6.45) is 2.02. The maximum atomic E-state index is 12.3. The van der Waals surface area contributed by atoms with Crippen molar-refractivity contribution in [1.29, 1.82) is 0 Å². The number of esters is 1. The molecule has 0 aliphatic heterocycles. The first-order chi connectivity index (χ1) is 10.7. The third kappa shape index (κ3) is 4.71. The SMILES string of the molecule is CCCC(OC(=O)C(N)Cc1ccccc1)c1ccccc1. The van der Waals surface area contributed by atoms with Crippen LogP contribution in [0.5, 0.6) is 0 Å². The molecule has 2 aromatic carbocycles. The minimum Gasteiger partial charge on any atom is -0.456 e. The van der Waals surface area contributed by atoms with Crippen LogP contribution in [0.3, 0.4) is 0 Å². The molecular formula is C19H23NO2. The van der Waals surface area contributed by atoms with Gasteiger partial charge in [0.2, 0.25) is 0 Å². The van der Waals surface area contributed by atoms with Crippen LogP contribution in [0.2, 0.25) is 0 Å². The molecule has 2 rings (SSSR count). The van der Waals surface area contributed by atoms with Gasteiger partial charge < -0.3 is 10.5 Å². The highest BCUT2D eigenvalue weighted by Crippen LogP contribution is 2.23. The van der Waals surface area contributed by atoms with Crippen LogP contribution in [0.15, 0.2) is 60.7 Å². The Morgan fingerprint density at radius 3 is 2.23 bits per heavy atom. The van der Waals surface area contributed by atoms with Crippen molar-refractivity contribution >= 4 is 5.97 Å². The Bertz CT molecular complexity index is 569. The minimum atomic E-state index is -0.634. The van der Waals surface area contributed by atoms with Crippen LogP contribution in [-0.4, -0.2) is 12.0 Å². The summed E-state index contributed by atoms with van der Waals surface area (Å²) < 4.78 is 5.65. The van der Waals surface area contributed by atoms with Crippen molar-refractivity contribution < 1.29 is 9.53 Å². The van der Waals surface area contributed by atoms with Crippen molar-refractivity contribution in [1.82, 2.24) is 0 Å². The maximum absolute atomic E-state index is 12.3. The number of carbonyl (C=O) groups excluding carboxylic acids is 1. The van der Waals surface area contributed by atoms with E-state index >= 15 is 0 Å². The molecule has 0 spiro atoms. The van der Waals surface area contributed by atoms with E-state index in [9.17, 15) is 4.79 Å². The fourth-order valence-corrected chi connectivity index (χ4v) is 2.40. The molecule has 2 aromatic rings. The van der Waals surface area contributed by atoms with Crippen molar-refractivity contribution in [2.75, 3.05) is 0 Å². The van der Waals surface area contributed by atoms with Crippen molar-refractivity contribution in [3.63, 3.8) is 0 Å². The summed E-state index contributed by atoms with van der Waals surface area (Å²) in [5.74, 6) is -0.342. The number of nitrogens with two attached hydrogens (primary N) is 1. The molecule has 0 heterocycles. The molecule has 0 saturated carbocycles. The second-order valence-electron chi connectivity index (χ2n) is 5.42. The van der Waals surface area contributed by atoms with Crippen molar-refractivity contribution in [3.05, 3.63) is 71.8 Å². The van der Waals surface area contributed by atoms with Gasteiger partial charge in [0.1, 0.15) is 12.1 Å². The third-order valence-electron chi connectivity index (χ3n) is 3.58. The van der Waals surface area contributed by atoms with Gasteiger partial charge in [-0.05, 0) is 24.0 Å².